The molecule has 13 nitrogen and oxygen atoms in total. The summed E-state index contributed by atoms with van der Waals surface area (Å²) in [5.41, 5.74) is 2.37. The van der Waals surface area contributed by atoms with E-state index in [1.807, 2.05) is 0 Å². The van der Waals surface area contributed by atoms with Crippen molar-refractivity contribution < 1.29 is 42.6 Å². The number of pyridine rings is 1. The SMILES string of the molecule is CC(=O)N(NCc1cccc(F)c1Cl)[C@H](COC(=O)Nc1cc2cc(F)ccc2cn1)CC(=O)NC[C@H](CO)N(C=O)OC(C)(C)C. The first-order valence-corrected chi connectivity index (χ1v) is 14.8. The molecule has 1 aromatic heterocycles. The second kappa shape index (κ2) is 16.9. The molecule has 2 aromatic carbocycles. The summed E-state index contributed by atoms with van der Waals surface area (Å²) in [6.07, 6.45) is 0.433. The van der Waals surface area contributed by atoms with Crippen LogP contribution in [0.1, 0.15) is 39.7 Å². The molecule has 0 radical (unpaired) electrons. The summed E-state index contributed by atoms with van der Waals surface area (Å²) in [6.45, 7) is 4.95. The molecule has 3 aromatic rings. The minimum absolute atomic E-state index is 0.0666. The molecular weight excluding hydrogens is 642 g/mol. The van der Waals surface area contributed by atoms with Crippen LogP contribution in [0.25, 0.3) is 10.8 Å². The lowest BCUT2D eigenvalue weighted by molar-refractivity contribution is -0.235. The van der Waals surface area contributed by atoms with Crippen molar-refractivity contribution >= 4 is 52.5 Å². The lowest BCUT2D eigenvalue weighted by atomic mass is 10.1. The number of aromatic nitrogens is 1. The Labute approximate surface area is 275 Å². The maximum atomic E-state index is 14.0. The lowest BCUT2D eigenvalue weighted by Crippen LogP contribution is -2.53. The van der Waals surface area contributed by atoms with E-state index in [2.05, 4.69) is 21.0 Å². The molecule has 0 unspecified atom stereocenters. The topological polar surface area (TPSA) is 162 Å². The molecule has 3 rings (SSSR count). The number of amides is 4. The number of benzene rings is 2. The fraction of sp³-hybridized carbons (Fsp3) is 0.387. The Bertz CT molecular complexity index is 1580. The maximum absolute atomic E-state index is 14.0. The van der Waals surface area contributed by atoms with E-state index < -0.39 is 66.9 Å². The lowest BCUT2D eigenvalue weighted by Gasteiger charge is -2.33. The highest BCUT2D eigenvalue weighted by Gasteiger charge is 2.28. The van der Waals surface area contributed by atoms with Gasteiger partial charge in [0, 0.05) is 31.6 Å². The number of halogens is 3. The molecule has 4 N–H and O–H groups in total. The first-order chi connectivity index (χ1) is 22.2. The van der Waals surface area contributed by atoms with Crippen molar-refractivity contribution in [2.75, 3.05) is 25.1 Å². The van der Waals surface area contributed by atoms with E-state index in [1.165, 1.54) is 55.6 Å². The predicted molar refractivity (Wildman–Crippen MR) is 168 cm³/mol. The van der Waals surface area contributed by atoms with Gasteiger partial charge in [-0.15, -0.1) is 0 Å². The number of aliphatic hydroxyl groups excluding tert-OH is 1. The highest BCUT2D eigenvalue weighted by Crippen LogP contribution is 2.21. The molecule has 0 aliphatic heterocycles. The summed E-state index contributed by atoms with van der Waals surface area (Å²) in [5, 5.41) is 17.7. The Morgan fingerprint density at radius 3 is 2.51 bits per heavy atom. The first kappa shape index (κ1) is 37.0. The number of rotatable bonds is 15. The highest BCUT2D eigenvalue weighted by molar-refractivity contribution is 6.31. The minimum atomic E-state index is -1.11. The third-order valence-corrected chi connectivity index (χ3v) is 6.93. The van der Waals surface area contributed by atoms with Gasteiger partial charge in [-0.2, -0.15) is 0 Å². The Kier molecular flexibility index (Phi) is 13.3. The van der Waals surface area contributed by atoms with Crippen LogP contribution < -0.4 is 16.1 Å². The zero-order valence-electron chi connectivity index (χ0n) is 26.3. The van der Waals surface area contributed by atoms with E-state index in [0.29, 0.717) is 22.7 Å². The van der Waals surface area contributed by atoms with E-state index in [4.69, 9.17) is 21.2 Å². The molecule has 0 saturated carbocycles. The van der Waals surface area contributed by atoms with Crippen LogP contribution in [0.2, 0.25) is 5.02 Å². The zero-order chi connectivity index (χ0) is 34.7. The van der Waals surface area contributed by atoms with Gasteiger partial charge in [-0.25, -0.2) is 29.0 Å². The molecule has 0 fully saturated rings. The molecule has 0 aliphatic carbocycles. The number of carbonyl (C=O) groups excluding carboxylic acids is 4. The van der Waals surface area contributed by atoms with Crippen molar-refractivity contribution in [2.45, 2.75) is 58.3 Å². The van der Waals surface area contributed by atoms with Gasteiger partial charge in [-0.3, -0.25) is 29.5 Å². The number of hydrazine groups is 1. The van der Waals surface area contributed by atoms with Crippen molar-refractivity contribution in [2.24, 2.45) is 0 Å². The number of nitrogens with one attached hydrogen (secondary N) is 3. The molecule has 1 heterocycles. The third-order valence-electron chi connectivity index (χ3n) is 6.51. The molecule has 254 valence electrons. The van der Waals surface area contributed by atoms with Gasteiger partial charge in [0.15, 0.2) is 0 Å². The third kappa shape index (κ3) is 11.4. The van der Waals surface area contributed by atoms with E-state index >= 15 is 0 Å². The molecule has 16 heteroatoms. The highest BCUT2D eigenvalue weighted by atomic mass is 35.5. The van der Waals surface area contributed by atoms with Crippen molar-refractivity contribution in [3.8, 4) is 0 Å². The number of hydrogen-bond donors (Lipinski definition) is 4. The standard InChI is InChI=1S/C31H37ClF2N6O7/c1-19(43)40(37-14-21-6-5-7-26(34)29(21)32)24(12-28(44)36-15-25(16-41)39(18-42)47-31(2,3)4)17-46-30(45)38-27-11-22-10-23(33)9-8-20(22)13-35-27/h5-11,13,18,24-25,37,41H,12,14-17H2,1-4H3,(H,36,44)(H,35,38,45)/t24-,25+/m0/s1. The molecule has 0 saturated heterocycles. The molecule has 0 bridgehead atoms. The Balaban J connectivity index is 1.74. The summed E-state index contributed by atoms with van der Waals surface area (Å²) in [5.74, 6) is -2.28. The van der Waals surface area contributed by atoms with E-state index in [1.54, 1.807) is 20.8 Å². The molecule has 0 aliphatic rings. The number of nitrogens with zero attached hydrogens (tertiary/aromatic N) is 3. The normalized spacial score (nSPS) is 12.6. The number of ether oxygens (including phenoxy) is 1. The Hall–Kier alpha value is -4.44. The van der Waals surface area contributed by atoms with Crippen LogP contribution in [0.5, 0.6) is 0 Å². The number of carbonyl (C=O) groups is 4. The van der Waals surface area contributed by atoms with Crippen LogP contribution in [-0.2, 0) is 30.5 Å². The van der Waals surface area contributed by atoms with Gasteiger partial charge in [0.05, 0.1) is 35.7 Å². The largest absolute Gasteiger partial charge is 0.447 e. The summed E-state index contributed by atoms with van der Waals surface area (Å²) in [6, 6.07) is 7.64. The van der Waals surface area contributed by atoms with Crippen LogP contribution in [0, 0.1) is 11.6 Å². The van der Waals surface area contributed by atoms with Crippen LogP contribution in [0.3, 0.4) is 0 Å². The van der Waals surface area contributed by atoms with Crippen LogP contribution in [-0.4, -0.2) is 81.9 Å². The molecule has 4 amide bonds. The summed E-state index contributed by atoms with van der Waals surface area (Å²) < 4.78 is 33.0. The van der Waals surface area contributed by atoms with Crippen LogP contribution >= 0.6 is 11.6 Å². The number of hydroxylamine groups is 2. The monoisotopic (exact) mass is 678 g/mol. The summed E-state index contributed by atoms with van der Waals surface area (Å²) >= 11 is 6.06. The van der Waals surface area contributed by atoms with Gasteiger partial charge in [-0.1, -0.05) is 23.7 Å². The predicted octanol–water partition coefficient (Wildman–Crippen LogP) is 3.69. The van der Waals surface area contributed by atoms with Gasteiger partial charge < -0.3 is 15.2 Å². The second-order valence-electron chi connectivity index (χ2n) is 11.4. The van der Waals surface area contributed by atoms with Crippen molar-refractivity contribution in [3.63, 3.8) is 0 Å². The summed E-state index contributed by atoms with van der Waals surface area (Å²) in [4.78, 5) is 59.8. The van der Waals surface area contributed by atoms with E-state index in [0.717, 1.165) is 10.1 Å². The van der Waals surface area contributed by atoms with E-state index in [-0.39, 0.29) is 23.9 Å². The van der Waals surface area contributed by atoms with Gasteiger partial charge in [0.25, 0.3) is 0 Å². The number of hydrogen-bond acceptors (Lipinski definition) is 9. The molecular formula is C31H37ClF2N6O7. The number of fused-ring (bicyclic) bond motifs is 1. The Morgan fingerprint density at radius 1 is 1.11 bits per heavy atom. The maximum Gasteiger partial charge on any atom is 0.412 e. The van der Waals surface area contributed by atoms with Crippen molar-refractivity contribution in [1.29, 1.82) is 0 Å². The van der Waals surface area contributed by atoms with Crippen molar-refractivity contribution in [1.82, 2.24) is 25.8 Å². The van der Waals surface area contributed by atoms with Crippen LogP contribution in [0.4, 0.5) is 19.4 Å². The fourth-order valence-corrected chi connectivity index (χ4v) is 4.51. The van der Waals surface area contributed by atoms with Gasteiger partial charge in [-0.05, 0) is 62.1 Å². The molecule has 0 spiro atoms. The second-order valence-corrected chi connectivity index (χ2v) is 11.8. The zero-order valence-corrected chi connectivity index (χ0v) is 27.0. The fourth-order valence-electron chi connectivity index (χ4n) is 4.32. The average Bonchev–Trinajstić information content (AvgIpc) is 3.00. The molecule has 2 atom stereocenters. The summed E-state index contributed by atoms with van der Waals surface area (Å²) in [7, 11) is 0. The number of aliphatic hydroxyl groups is 1. The smallest absolute Gasteiger partial charge is 0.412 e. The van der Waals surface area contributed by atoms with Gasteiger partial charge in [0.2, 0.25) is 18.2 Å². The quantitative estimate of drug-likeness (QED) is 0.139. The Morgan fingerprint density at radius 2 is 1.85 bits per heavy atom. The van der Waals surface area contributed by atoms with Crippen molar-refractivity contribution in [3.05, 3.63) is 70.9 Å². The average molecular weight is 679 g/mol. The van der Waals surface area contributed by atoms with Gasteiger partial charge >= 0.3 is 6.09 Å². The minimum Gasteiger partial charge on any atom is -0.447 e. The first-order valence-electron chi connectivity index (χ1n) is 14.5. The molecule has 47 heavy (non-hydrogen) atoms. The van der Waals surface area contributed by atoms with Gasteiger partial charge in [0.1, 0.15) is 24.1 Å². The van der Waals surface area contributed by atoms with E-state index in [9.17, 15) is 33.1 Å². The number of anilines is 1. The van der Waals surface area contributed by atoms with Crippen LogP contribution in [0.15, 0.2) is 48.7 Å².